The Hall–Kier alpha value is -0.970. The Bertz CT molecular complexity index is 429. The molecule has 0 fully saturated rings. The molecule has 1 unspecified atom stereocenters. The van der Waals surface area contributed by atoms with Crippen molar-refractivity contribution in [1.29, 1.82) is 0 Å². The number of non-ortho nitro benzene ring substituents is 1. The minimum Gasteiger partial charge on any atom is -0.258 e. The van der Waals surface area contributed by atoms with E-state index in [2.05, 4.69) is 36.7 Å². The largest absolute Gasteiger partial charge is 0.272 e. The van der Waals surface area contributed by atoms with Gasteiger partial charge < -0.3 is 0 Å². The first-order valence-corrected chi connectivity index (χ1v) is 6.20. The number of nitro benzene ring substituents is 1. The smallest absolute Gasteiger partial charge is 0.258 e. The standard InChI is InChI=1S/C12H15BrFNO2/c1-12(2,3)11(13)6-8-4-5-9(15(16)17)7-10(8)14/h4-5,7,11H,6H2,1-3H3. The average Bonchev–Trinajstić information content (AvgIpc) is 2.19. The molecule has 0 heterocycles. The molecule has 1 atom stereocenters. The number of hydrogen-bond acceptors (Lipinski definition) is 2. The summed E-state index contributed by atoms with van der Waals surface area (Å²) in [5.41, 5.74) is 0.286. The van der Waals surface area contributed by atoms with Crippen LogP contribution in [0.4, 0.5) is 10.1 Å². The van der Waals surface area contributed by atoms with Gasteiger partial charge in [0.05, 0.1) is 11.0 Å². The van der Waals surface area contributed by atoms with E-state index in [1.807, 2.05) is 0 Å². The van der Waals surface area contributed by atoms with Crippen molar-refractivity contribution >= 4 is 21.6 Å². The van der Waals surface area contributed by atoms with Gasteiger partial charge in [-0.3, -0.25) is 10.1 Å². The van der Waals surface area contributed by atoms with Gasteiger partial charge in [0.15, 0.2) is 0 Å². The third kappa shape index (κ3) is 3.77. The Morgan fingerprint density at radius 2 is 2.06 bits per heavy atom. The van der Waals surface area contributed by atoms with Crippen molar-refractivity contribution in [2.45, 2.75) is 32.0 Å². The Balaban J connectivity index is 2.90. The molecule has 94 valence electrons. The predicted molar refractivity (Wildman–Crippen MR) is 68.9 cm³/mol. The van der Waals surface area contributed by atoms with Gasteiger partial charge in [-0.25, -0.2) is 4.39 Å². The lowest BCUT2D eigenvalue weighted by atomic mass is 9.88. The van der Waals surface area contributed by atoms with E-state index < -0.39 is 10.7 Å². The number of nitro groups is 1. The van der Waals surface area contributed by atoms with Crippen LogP contribution in [0.3, 0.4) is 0 Å². The summed E-state index contributed by atoms with van der Waals surface area (Å²) in [6, 6.07) is 3.78. The maximum Gasteiger partial charge on any atom is 0.272 e. The number of hydrogen-bond donors (Lipinski definition) is 0. The Labute approximate surface area is 108 Å². The SMILES string of the molecule is CC(C)(C)C(Br)Cc1ccc([N+](=O)[O-])cc1F. The molecule has 1 rings (SSSR count). The van der Waals surface area contributed by atoms with Crippen molar-refractivity contribution in [2.75, 3.05) is 0 Å². The average molecular weight is 304 g/mol. The van der Waals surface area contributed by atoms with Crippen LogP contribution < -0.4 is 0 Å². The van der Waals surface area contributed by atoms with E-state index in [0.29, 0.717) is 12.0 Å². The summed E-state index contributed by atoms with van der Waals surface area (Å²) in [4.78, 5) is 10.00. The molecule has 0 spiro atoms. The minimum atomic E-state index is -0.595. The second kappa shape index (κ2) is 5.12. The number of nitrogens with zero attached hydrogens (tertiary/aromatic N) is 1. The molecule has 1 aromatic carbocycles. The van der Waals surface area contributed by atoms with E-state index in [4.69, 9.17) is 0 Å². The number of benzene rings is 1. The van der Waals surface area contributed by atoms with Crippen molar-refractivity contribution in [3.05, 3.63) is 39.7 Å². The van der Waals surface area contributed by atoms with Gasteiger partial charge in [0.25, 0.3) is 5.69 Å². The van der Waals surface area contributed by atoms with Crippen molar-refractivity contribution in [3.63, 3.8) is 0 Å². The minimum absolute atomic E-state index is 0.00815. The van der Waals surface area contributed by atoms with Crippen molar-refractivity contribution < 1.29 is 9.31 Å². The molecular weight excluding hydrogens is 289 g/mol. The Morgan fingerprint density at radius 1 is 1.47 bits per heavy atom. The summed E-state index contributed by atoms with van der Waals surface area (Å²) in [6.45, 7) is 6.15. The monoisotopic (exact) mass is 303 g/mol. The van der Waals surface area contributed by atoms with Gasteiger partial charge in [-0.2, -0.15) is 0 Å². The molecule has 0 saturated heterocycles. The molecule has 0 aliphatic rings. The molecule has 0 aliphatic heterocycles. The summed E-state index contributed by atoms with van der Waals surface area (Å²) in [5.74, 6) is -0.520. The van der Waals surface area contributed by atoms with Crippen LogP contribution in [0, 0.1) is 21.3 Å². The molecule has 0 aromatic heterocycles. The van der Waals surface area contributed by atoms with Gasteiger partial charge in [0.1, 0.15) is 5.82 Å². The van der Waals surface area contributed by atoms with Gasteiger partial charge in [0, 0.05) is 10.9 Å². The fraction of sp³-hybridized carbons (Fsp3) is 0.500. The van der Waals surface area contributed by atoms with Gasteiger partial charge in [-0.05, 0) is 23.5 Å². The maximum absolute atomic E-state index is 13.6. The van der Waals surface area contributed by atoms with Gasteiger partial charge >= 0.3 is 0 Å². The van der Waals surface area contributed by atoms with Crippen molar-refractivity contribution in [1.82, 2.24) is 0 Å². The van der Waals surface area contributed by atoms with Crippen LogP contribution in [0.2, 0.25) is 0 Å². The van der Waals surface area contributed by atoms with E-state index in [1.54, 1.807) is 0 Å². The zero-order chi connectivity index (χ0) is 13.2. The van der Waals surface area contributed by atoms with Gasteiger partial charge in [-0.15, -0.1) is 0 Å². The summed E-state index contributed by atoms with van der Waals surface area (Å²) in [5, 5.41) is 10.5. The van der Waals surface area contributed by atoms with Gasteiger partial charge in [0.2, 0.25) is 0 Å². The normalized spacial score (nSPS) is 13.5. The Morgan fingerprint density at radius 3 is 2.47 bits per heavy atom. The Kier molecular flexibility index (Phi) is 4.25. The third-order valence-electron chi connectivity index (χ3n) is 2.59. The predicted octanol–water partition coefficient (Wildman–Crippen LogP) is 4.09. The third-order valence-corrected chi connectivity index (χ3v) is 4.28. The lowest BCUT2D eigenvalue weighted by Gasteiger charge is -2.25. The number of alkyl halides is 1. The van der Waals surface area contributed by atoms with Crippen molar-refractivity contribution in [3.8, 4) is 0 Å². The molecule has 0 saturated carbocycles. The first kappa shape index (κ1) is 14.1. The summed E-state index contributed by atoms with van der Waals surface area (Å²) in [6.07, 6.45) is 0.507. The van der Waals surface area contributed by atoms with Crippen LogP contribution in [0.1, 0.15) is 26.3 Å². The van der Waals surface area contributed by atoms with Crippen LogP contribution in [0.25, 0.3) is 0 Å². The van der Waals surface area contributed by atoms with E-state index >= 15 is 0 Å². The zero-order valence-electron chi connectivity index (χ0n) is 10.0. The zero-order valence-corrected chi connectivity index (χ0v) is 11.6. The maximum atomic E-state index is 13.6. The van der Waals surface area contributed by atoms with Crippen LogP contribution in [-0.2, 0) is 6.42 Å². The summed E-state index contributed by atoms with van der Waals surface area (Å²) >= 11 is 3.52. The van der Waals surface area contributed by atoms with Crippen molar-refractivity contribution in [2.24, 2.45) is 5.41 Å². The molecule has 0 aliphatic carbocycles. The van der Waals surface area contributed by atoms with E-state index in [9.17, 15) is 14.5 Å². The fourth-order valence-corrected chi connectivity index (χ4v) is 1.66. The molecule has 0 N–H and O–H groups in total. The first-order chi connectivity index (χ1) is 7.71. The topological polar surface area (TPSA) is 43.1 Å². The highest BCUT2D eigenvalue weighted by Gasteiger charge is 2.23. The highest BCUT2D eigenvalue weighted by molar-refractivity contribution is 9.09. The number of halogens is 2. The fourth-order valence-electron chi connectivity index (χ4n) is 1.31. The molecule has 17 heavy (non-hydrogen) atoms. The summed E-state index contributed by atoms with van der Waals surface area (Å²) < 4.78 is 13.6. The van der Waals surface area contributed by atoms with Crippen LogP contribution in [-0.4, -0.2) is 9.75 Å². The first-order valence-electron chi connectivity index (χ1n) is 5.28. The quantitative estimate of drug-likeness (QED) is 0.479. The molecule has 3 nitrogen and oxygen atoms in total. The second-order valence-corrected chi connectivity index (χ2v) is 6.18. The van der Waals surface area contributed by atoms with Crippen LogP contribution in [0.15, 0.2) is 18.2 Å². The molecular formula is C12H15BrFNO2. The molecule has 0 radical (unpaired) electrons. The number of rotatable bonds is 3. The highest BCUT2D eigenvalue weighted by atomic mass is 79.9. The highest BCUT2D eigenvalue weighted by Crippen LogP contribution is 2.30. The van der Waals surface area contributed by atoms with Gasteiger partial charge in [-0.1, -0.05) is 36.7 Å². The van der Waals surface area contributed by atoms with Crippen LogP contribution in [0.5, 0.6) is 0 Å². The van der Waals surface area contributed by atoms with E-state index in [0.717, 1.165) is 6.07 Å². The van der Waals surface area contributed by atoms with Crippen LogP contribution >= 0.6 is 15.9 Å². The summed E-state index contributed by atoms with van der Waals surface area (Å²) in [7, 11) is 0. The van der Waals surface area contributed by atoms with E-state index in [-0.39, 0.29) is 15.9 Å². The molecule has 1 aromatic rings. The lowest BCUT2D eigenvalue weighted by molar-refractivity contribution is -0.385. The molecule has 0 bridgehead atoms. The van der Waals surface area contributed by atoms with E-state index in [1.165, 1.54) is 12.1 Å². The molecule has 0 amide bonds. The second-order valence-electron chi connectivity index (χ2n) is 5.07. The lowest BCUT2D eigenvalue weighted by Crippen LogP contribution is -2.22. The molecule has 5 heteroatoms.